The van der Waals surface area contributed by atoms with Gasteiger partial charge in [-0.3, -0.25) is 9.78 Å². The summed E-state index contributed by atoms with van der Waals surface area (Å²) in [6.45, 7) is 4.00. The molecule has 19 heavy (non-hydrogen) atoms. The Bertz CT molecular complexity index is 631. The lowest BCUT2D eigenvalue weighted by molar-refractivity contribution is 0.0962. The fourth-order valence-electron chi connectivity index (χ4n) is 3.04. The van der Waals surface area contributed by atoms with E-state index in [1.807, 2.05) is 38.1 Å². The molecule has 0 saturated carbocycles. The molecule has 2 nitrogen and oxygen atoms in total. The van der Waals surface area contributed by atoms with Crippen molar-refractivity contribution in [2.45, 2.75) is 32.6 Å². The van der Waals surface area contributed by atoms with Crippen LogP contribution in [0.2, 0.25) is 0 Å². The molecule has 1 heterocycles. The summed E-state index contributed by atoms with van der Waals surface area (Å²) in [5.41, 5.74) is 5.14. The van der Waals surface area contributed by atoms with E-state index in [-0.39, 0.29) is 11.7 Å². The van der Waals surface area contributed by atoms with Crippen LogP contribution in [0.25, 0.3) is 0 Å². The monoisotopic (exact) mass is 251 g/mol. The minimum Gasteiger partial charge on any atom is -0.294 e. The Morgan fingerprint density at radius 2 is 1.84 bits per heavy atom. The summed E-state index contributed by atoms with van der Waals surface area (Å²) in [4.78, 5) is 16.9. The van der Waals surface area contributed by atoms with E-state index in [1.165, 1.54) is 5.56 Å². The molecule has 96 valence electrons. The summed E-state index contributed by atoms with van der Waals surface area (Å²) in [5.74, 6) is 0.509. The van der Waals surface area contributed by atoms with E-state index in [2.05, 4.69) is 17.1 Å². The number of benzene rings is 1. The Hall–Kier alpha value is -1.96. The molecular formula is C17H17NO. The lowest BCUT2D eigenvalue weighted by atomic mass is 9.80. The van der Waals surface area contributed by atoms with Gasteiger partial charge < -0.3 is 0 Å². The van der Waals surface area contributed by atoms with Crippen molar-refractivity contribution in [3.05, 3.63) is 64.5 Å². The van der Waals surface area contributed by atoms with Gasteiger partial charge in [0.2, 0.25) is 0 Å². The van der Waals surface area contributed by atoms with E-state index in [0.29, 0.717) is 6.42 Å². The minimum absolute atomic E-state index is 0.236. The molecule has 0 saturated heterocycles. The third-order valence-corrected chi connectivity index (χ3v) is 3.84. The maximum Gasteiger partial charge on any atom is 0.165 e. The quantitative estimate of drug-likeness (QED) is 0.775. The molecule has 1 unspecified atom stereocenters. The minimum atomic E-state index is 0.236. The van der Waals surface area contributed by atoms with Crippen LogP contribution in [-0.2, 0) is 6.42 Å². The van der Waals surface area contributed by atoms with Gasteiger partial charge in [-0.25, -0.2) is 0 Å². The Kier molecular flexibility index (Phi) is 2.94. The summed E-state index contributed by atoms with van der Waals surface area (Å²) in [7, 11) is 0. The molecule has 1 aromatic heterocycles. The number of carbonyl (C=O) groups is 1. The first-order chi connectivity index (χ1) is 9.15. The molecule has 3 rings (SSSR count). The number of nitrogens with zero attached hydrogens (tertiary/aromatic N) is 1. The highest BCUT2D eigenvalue weighted by Crippen LogP contribution is 2.33. The molecule has 0 spiro atoms. The highest BCUT2D eigenvalue weighted by Gasteiger charge is 2.28. The summed E-state index contributed by atoms with van der Waals surface area (Å²) in [5, 5.41) is 0. The van der Waals surface area contributed by atoms with Gasteiger partial charge in [0, 0.05) is 17.7 Å². The van der Waals surface area contributed by atoms with Crippen molar-refractivity contribution in [1.82, 2.24) is 4.98 Å². The van der Waals surface area contributed by atoms with Gasteiger partial charge in [-0.05, 0) is 43.4 Å². The molecule has 0 bridgehead atoms. The van der Waals surface area contributed by atoms with Crippen LogP contribution in [0.4, 0.5) is 0 Å². The number of aromatic nitrogens is 1. The van der Waals surface area contributed by atoms with Crippen molar-refractivity contribution in [3.63, 3.8) is 0 Å². The van der Waals surface area contributed by atoms with Crippen molar-refractivity contribution < 1.29 is 4.79 Å². The third-order valence-electron chi connectivity index (χ3n) is 3.84. The number of fused-ring (bicyclic) bond motifs is 1. The fourth-order valence-corrected chi connectivity index (χ4v) is 3.04. The summed E-state index contributed by atoms with van der Waals surface area (Å²) in [6, 6.07) is 12.3. The molecular weight excluding hydrogens is 234 g/mol. The van der Waals surface area contributed by atoms with Gasteiger partial charge in [-0.2, -0.15) is 0 Å². The fraction of sp³-hybridized carbons (Fsp3) is 0.294. The molecule has 0 radical (unpaired) electrons. The van der Waals surface area contributed by atoms with Gasteiger partial charge in [0.1, 0.15) is 0 Å². The van der Waals surface area contributed by atoms with Crippen molar-refractivity contribution in [1.29, 1.82) is 0 Å². The molecule has 2 heteroatoms. The Morgan fingerprint density at radius 1 is 1.11 bits per heavy atom. The van der Waals surface area contributed by atoms with Gasteiger partial charge in [0.15, 0.2) is 5.78 Å². The summed E-state index contributed by atoms with van der Waals surface area (Å²) < 4.78 is 0. The molecule has 1 aliphatic carbocycles. The summed E-state index contributed by atoms with van der Waals surface area (Å²) >= 11 is 0. The standard InChI is InChI=1S/C17H17NO/c1-11-8-12(2)18-15-9-14(10-16(19)17(11)15)13-6-4-3-5-7-13/h3-8,14H,9-10H2,1-2H3. The first-order valence-corrected chi connectivity index (χ1v) is 6.70. The average molecular weight is 251 g/mol. The van der Waals surface area contributed by atoms with Crippen molar-refractivity contribution in [3.8, 4) is 0 Å². The zero-order valence-electron chi connectivity index (χ0n) is 11.3. The first-order valence-electron chi connectivity index (χ1n) is 6.70. The number of carbonyl (C=O) groups excluding carboxylic acids is 1. The summed E-state index contributed by atoms with van der Waals surface area (Å²) in [6.07, 6.45) is 1.47. The zero-order chi connectivity index (χ0) is 13.4. The van der Waals surface area contributed by atoms with Crippen LogP contribution in [0.1, 0.15) is 45.2 Å². The maximum absolute atomic E-state index is 12.4. The topological polar surface area (TPSA) is 30.0 Å². The zero-order valence-corrected chi connectivity index (χ0v) is 11.3. The lowest BCUT2D eigenvalue weighted by Gasteiger charge is -2.24. The second kappa shape index (κ2) is 4.61. The lowest BCUT2D eigenvalue weighted by Crippen LogP contribution is -2.21. The van der Waals surface area contributed by atoms with E-state index in [0.717, 1.165) is 28.9 Å². The van der Waals surface area contributed by atoms with E-state index < -0.39 is 0 Å². The van der Waals surface area contributed by atoms with E-state index in [1.54, 1.807) is 0 Å². The Balaban J connectivity index is 2.03. The smallest absolute Gasteiger partial charge is 0.165 e. The van der Waals surface area contributed by atoms with E-state index >= 15 is 0 Å². The van der Waals surface area contributed by atoms with E-state index in [4.69, 9.17) is 0 Å². The van der Waals surface area contributed by atoms with Crippen molar-refractivity contribution >= 4 is 5.78 Å². The van der Waals surface area contributed by atoms with E-state index in [9.17, 15) is 4.79 Å². The Labute approximate surface area is 113 Å². The predicted molar refractivity (Wildman–Crippen MR) is 75.5 cm³/mol. The van der Waals surface area contributed by atoms with Gasteiger partial charge in [0.25, 0.3) is 0 Å². The first kappa shape index (κ1) is 12.1. The molecule has 0 aliphatic heterocycles. The number of aryl methyl sites for hydroxylation is 2. The van der Waals surface area contributed by atoms with Crippen LogP contribution in [0.3, 0.4) is 0 Å². The van der Waals surface area contributed by atoms with Crippen LogP contribution >= 0.6 is 0 Å². The van der Waals surface area contributed by atoms with Crippen LogP contribution in [0, 0.1) is 13.8 Å². The molecule has 1 aromatic carbocycles. The number of hydrogen-bond acceptors (Lipinski definition) is 2. The van der Waals surface area contributed by atoms with Gasteiger partial charge in [-0.15, -0.1) is 0 Å². The number of Topliss-reactive ketones (excluding diaryl/α,β-unsaturated/α-hetero) is 1. The van der Waals surface area contributed by atoms with Crippen LogP contribution in [0.5, 0.6) is 0 Å². The second-order valence-corrected chi connectivity index (χ2v) is 5.34. The number of ketones is 1. The SMILES string of the molecule is Cc1cc(C)c2c(n1)CC(c1ccccc1)CC2=O. The average Bonchev–Trinajstić information content (AvgIpc) is 2.38. The van der Waals surface area contributed by atoms with Crippen LogP contribution < -0.4 is 0 Å². The normalized spacial score (nSPS) is 18.2. The molecule has 0 fully saturated rings. The molecule has 0 amide bonds. The van der Waals surface area contributed by atoms with Gasteiger partial charge in [0.05, 0.1) is 5.69 Å². The van der Waals surface area contributed by atoms with Crippen molar-refractivity contribution in [2.75, 3.05) is 0 Å². The maximum atomic E-state index is 12.4. The highest BCUT2D eigenvalue weighted by atomic mass is 16.1. The van der Waals surface area contributed by atoms with Gasteiger partial charge in [-0.1, -0.05) is 30.3 Å². The molecule has 1 aliphatic rings. The molecule has 2 aromatic rings. The van der Waals surface area contributed by atoms with Crippen LogP contribution in [0.15, 0.2) is 36.4 Å². The number of hydrogen-bond donors (Lipinski definition) is 0. The largest absolute Gasteiger partial charge is 0.294 e. The Morgan fingerprint density at radius 3 is 2.58 bits per heavy atom. The molecule has 1 atom stereocenters. The second-order valence-electron chi connectivity index (χ2n) is 5.34. The number of pyridine rings is 1. The predicted octanol–water partition coefficient (Wildman–Crippen LogP) is 3.61. The van der Waals surface area contributed by atoms with Crippen molar-refractivity contribution in [2.24, 2.45) is 0 Å². The third kappa shape index (κ3) is 2.19. The van der Waals surface area contributed by atoms with Gasteiger partial charge >= 0.3 is 0 Å². The highest BCUT2D eigenvalue weighted by molar-refractivity contribution is 6.00. The number of rotatable bonds is 1. The van der Waals surface area contributed by atoms with Crippen LogP contribution in [-0.4, -0.2) is 10.8 Å². The molecule has 0 N–H and O–H groups in total.